The van der Waals surface area contributed by atoms with Gasteiger partial charge in [0.2, 0.25) is 10.0 Å². The van der Waals surface area contributed by atoms with Gasteiger partial charge in [-0.25, -0.2) is 13.2 Å². The summed E-state index contributed by atoms with van der Waals surface area (Å²) in [6.07, 6.45) is 1.66. The molecule has 2 aromatic carbocycles. The summed E-state index contributed by atoms with van der Waals surface area (Å²) in [5.41, 5.74) is 2.09. The molecule has 5 nitrogen and oxygen atoms in total. The lowest BCUT2D eigenvalue weighted by molar-refractivity contribution is 0.0472. The van der Waals surface area contributed by atoms with Crippen molar-refractivity contribution in [3.05, 3.63) is 64.2 Å². The van der Waals surface area contributed by atoms with Gasteiger partial charge in [-0.05, 0) is 49.1 Å². The highest BCUT2D eigenvalue weighted by Crippen LogP contribution is 2.28. The van der Waals surface area contributed by atoms with Crippen LogP contribution in [0.25, 0.3) is 0 Å². The van der Waals surface area contributed by atoms with E-state index >= 15 is 0 Å². The first-order chi connectivity index (χ1) is 12.4. The lowest BCUT2D eigenvalue weighted by atomic mass is 10.1. The summed E-state index contributed by atoms with van der Waals surface area (Å²) in [5.74, 6) is -0.581. The average Bonchev–Trinajstić information content (AvgIpc) is 3.16. The lowest BCUT2D eigenvalue weighted by Crippen LogP contribution is -2.28. The van der Waals surface area contributed by atoms with E-state index in [1.807, 2.05) is 31.2 Å². The van der Waals surface area contributed by atoms with Gasteiger partial charge in [-0.15, -0.1) is 0 Å². The van der Waals surface area contributed by atoms with Gasteiger partial charge in [0.25, 0.3) is 0 Å². The molecule has 0 N–H and O–H groups in total. The number of sulfonamides is 1. The Morgan fingerprint density at radius 3 is 2.54 bits per heavy atom. The second-order valence-corrected chi connectivity index (χ2v) is 8.57. The summed E-state index contributed by atoms with van der Waals surface area (Å²) in [4.78, 5) is 12.3. The molecule has 0 amide bonds. The number of esters is 1. The van der Waals surface area contributed by atoms with E-state index in [0.717, 1.165) is 24.0 Å². The van der Waals surface area contributed by atoms with Crippen LogP contribution in [0.4, 0.5) is 0 Å². The maximum Gasteiger partial charge on any atom is 0.338 e. The van der Waals surface area contributed by atoms with Gasteiger partial charge in [-0.1, -0.05) is 35.9 Å². The maximum atomic E-state index is 12.7. The van der Waals surface area contributed by atoms with Crippen LogP contribution in [-0.2, 0) is 21.4 Å². The molecule has 3 rings (SSSR count). The first kappa shape index (κ1) is 18.9. The van der Waals surface area contributed by atoms with E-state index in [9.17, 15) is 13.2 Å². The Hall–Kier alpha value is -1.89. The van der Waals surface area contributed by atoms with Crippen LogP contribution in [0.15, 0.2) is 47.4 Å². The Labute approximate surface area is 158 Å². The highest BCUT2D eigenvalue weighted by Gasteiger charge is 2.29. The Balaban J connectivity index is 1.80. The van der Waals surface area contributed by atoms with Crippen LogP contribution < -0.4 is 0 Å². The van der Waals surface area contributed by atoms with Crippen LogP contribution in [0.5, 0.6) is 0 Å². The molecule has 0 atom stereocenters. The Bertz CT molecular complexity index is 921. The molecule has 1 saturated heterocycles. The van der Waals surface area contributed by atoms with E-state index in [4.69, 9.17) is 16.3 Å². The highest BCUT2D eigenvalue weighted by atomic mass is 35.5. The number of ether oxygens (including phenoxy) is 1. The van der Waals surface area contributed by atoms with E-state index in [0.29, 0.717) is 13.1 Å². The zero-order chi connectivity index (χ0) is 18.7. The maximum absolute atomic E-state index is 12.7. The molecule has 0 saturated carbocycles. The van der Waals surface area contributed by atoms with Crippen LogP contribution in [0.3, 0.4) is 0 Å². The molecule has 1 aliphatic rings. The van der Waals surface area contributed by atoms with Gasteiger partial charge in [-0.2, -0.15) is 4.31 Å². The van der Waals surface area contributed by atoms with Crippen molar-refractivity contribution in [2.45, 2.75) is 31.3 Å². The van der Waals surface area contributed by atoms with Gasteiger partial charge < -0.3 is 4.74 Å². The van der Waals surface area contributed by atoms with E-state index < -0.39 is 16.0 Å². The fraction of sp³-hybridized carbons (Fsp3) is 0.316. The minimum absolute atomic E-state index is 0.0496. The predicted octanol–water partition coefficient (Wildman–Crippen LogP) is 3.79. The number of hydrogen-bond donors (Lipinski definition) is 0. The third-order valence-electron chi connectivity index (χ3n) is 4.47. The van der Waals surface area contributed by atoms with Gasteiger partial charge >= 0.3 is 5.97 Å². The molecule has 0 aromatic heterocycles. The van der Waals surface area contributed by atoms with Crippen molar-refractivity contribution in [2.24, 2.45) is 0 Å². The standard InChI is InChI=1S/C19H20ClNO4S/c1-14-6-2-3-7-16(14)13-25-19(22)15-8-9-17(20)18(12-15)26(23,24)21-10-4-5-11-21/h2-3,6-9,12H,4-5,10-11,13H2,1H3. The number of aryl methyl sites for hydroxylation is 1. The molecule has 0 bridgehead atoms. The second-order valence-electron chi connectivity index (χ2n) is 6.26. The summed E-state index contributed by atoms with van der Waals surface area (Å²) in [5, 5.41) is 0.104. The number of hydrogen-bond acceptors (Lipinski definition) is 4. The minimum Gasteiger partial charge on any atom is -0.457 e. The quantitative estimate of drug-likeness (QED) is 0.725. The van der Waals surface area contributed by atoms with Crippen LogP contribution >= 0.6 is 11.6 Å². The molecule has 0 unspecified atom stereocenters. The normalized spacial score (nSPS) is 15.2. The largest absolute Gasteiger partial charge is 0.457 e. The molecule has 1 fully saturated rings. The average molecular weight is 394 g/mol. The van der Waals surface area contributed by atoms with Gasteiger partial charge in [0.15, 0.2) is 0 Å². The number of halogens is 1. The topological polar surface area (TPSA) is 63.7 Å². The smallest absolute Gasteiger partial charge is 0.338 e. The van der Waals surface area contributed by atoms with Crippen molar-refractivity contribution in [3.63, 3.8) is 0 Å². The number of carbonyl (C=O) groups is 1. The monoisotopic (exact) mass is 393 g/mol. The van der Waals surface area contributed by atoms with Gasteiger partial charge in [0, 0.05) is 13.1 Å². The molecule has 1 heterocycles. The molecule has 1 aliphatic heterocycles. The molecule has 26 heavy (non-hydrogen) atoms. The molecule has 0 radical (unpaired) electrons. The van der Waals surface area contributed by atoms with Crippen molar-refractivity contribution in [1.82, 2.24) is 4.31 Å². The van der Waals surface area contributed by atoms with Crippen LogP contribution in [-0.4, -0.2) is 31.8 Å². The lowest BCUT2D eigenvalue weighted by Gasteiger charge is -2.17. The Morgan fingerprint density at radius 2 is 1.85 bits per heavy atom. The molecular formula is C19H20ClNO4S. The zero-order valence-electron chi connectivity index (χ0n) is 14.4. The zero-order valence-corrected chi connectivity index (χ0v) is 16.0. The molecular weight excluding hydrogens is 374 g/mol. The molecule has 0 spiro atoms. The first-order valence-corrected chi connectivity index (χ1v) is 10.2. The van der Waals surface area contributed by atoms with Crippen LogP contribution in [0.1, 0.15) is 34.3 Å². The summed E-state index contributed by atoms with van der Waals surface area (Å²) < 4.78 is 32.2. The fourth-order valence-corrected chi connectivity index (χ4v) is 4.91. The van der Waals surface area contributed by atoms with Gasteiger partial charge in [-0.3, -0.25) is 0 Å². The van der Waals surface area contributed by atoms with E-state index in [2.05, 4.69) is 0 Å². The Morgan fingerprint density at radius 1 is 1.15 bits per heavy atom. The first-order valence-electron chi connectivity index (χ1n) is 8.41. The summed E-state index contributed by atoms with van der Waals surface area (Å²) in [6.45, 7) is 3.01. The van der Waals surface area contributed by atoms with Gasteiger partial charge in [0.05, 0.1) is 10.6 Å². The predicted molar refractivity (Wildman–Crippen MR) is 99.7 cm³/mol. The summed E-state index contributed by atoms with van der Waals surface area (Å²) >= 11 is 6.10. The summed E-state index contributed by atoms with van der Waals surface area (Å²) in [7, 11) is -3.71. The number of rotatable bonds is 5. The van der Waals surface area contributed by atoms with Crippen molar-refractivity contribution in [3.8, 4) is 0 Å². The van der Waals surface area contributed by atoms with Crippen molar-refractivity contribution >= 4 is 27.6 Å². The van der Waals surface area contributed by atoms with Gasteiger partial charge in [0.1, 0.15) is 11.5 Å². The fourth-order valence-electron chi connectivity index (χ4n) is 2.89. The molecule has 7 heteroatoms. The second kappa shape index (κ2) is 7.78. The molecule has 0 aliphatic carbocycles. The van der Waals surface area contributed by atoms with Crippen molar-refractivity contribution < 1.29 is 17.9 Å². The minimum atomic E-state index is -3.71. The number of nitrogens with zero attached hydrogens (tertiary/aromatic N) is 1. The van der Waals surface area contributed by atoms with E-state index in [1.165, 1.54) is 22.5 Å². The summed E-state index contributed by atoms with van der Waals surface area (Å²) in [6, 6.07) is 11.8. The third kappa shape index (κ3) is 3.92. The van der Waals surface area contributed by atoms with E-state index in [1.54, 1.807) is 0 Å². The van der Waals surface area contributed by atoms with Crippen molar-refractivity contribution in [2.75, 3.05) is 13.1 Å². The van der Waals surface area contributed by atoms with Crippen LogP contribution in [0.2, 0.25) is 5.02 Å². The van der Waals surface area contributed by atoms with Crippen LogP contribution in [0, 0.1) is 6.92 Å². The highest BCUT2D eigenvalue weighted by molar-refractivity contribution is 7.89. The molecule has 2 aromatic rings. The van der Waals surface area contributed by atoms with Crippen molar-refractivity contribution in [1.29, 1.82) is 0 Å². The molecule has 138 valence electrons. The third-order valence-corrected chi connectivity index (χ3v) is 6.85. The number of carbonyl (C=O) groups excluding carboxylic acids is 1. The number of benzene rings is 2. The van der Waals surface area contributed by atoms with E-state index in [-0.39, 0.29) is 22.1 Å². The Kier molecular flexibility index (Phi) is 5.65. The SMILES string of the molecule is Cc1ccccc1COC(=O)c1ccc(Cl)c(S(=O)(=O)N2CCCC2)c1.